The van der Waals surface area contributed by atoms with E-state index in [2.05, 4.69) is 172 Å². The van der Waals surface area contributed by atoms with Crippen molar-refractivity contribution in [2.75, 3.05) is 0 Å². The standard InChI is InChI=1S/C68H54O/c1-40-26-58-60-37-59-54-16-7-9-18-61(54)67(2,3)62(59)39-64(60)68(52-28-41-27-42(30-52)31-53(68)29-41)63(58)38-57(40)48-15-11-14-46(32-48)44-20-22-45(23-21-44)50-33-49(43-12-5-4-6-13-43)34-51(35-50)47-24-25-56-55-17-8-10-19-65(55)69-66(56)36-47/h4-26,32-39,41-42,52-53H,27-31H2,1-3H3/i7D,9D,16D,18D. The molecule has 0 atom stereocenters. The summed E-state index contributed by atoms with van der Waals surface area (Å²) < 4.78 is 42.0. The van der Waals surface area contributed by atoms with E-state index in [1.54, 1.807) is 0 Å². The molecule has 0 aliphatic heterocycles. The molecule has 6 aliphatic rings. The van der Waals surface area contributed by atoms with Gasteiger partial charge in [0.25, 0.3) is 0 Å². The van der Waals surface area contributed by atoms with E-state index in [1.165, 1.54) is 93.3 Å². The first-order chi connectivity index (χ1) is 35.4. The maximum Gasteiger partial charge on any atom is 0.136 e. The van der Waals surface area contributed by atoms with Gasteiger partial charge in [-0.15, -0.1) is 0 Å². The number of benzene rings is 9. The summed E-state index contributed by atoms with van der Waals surface area (Å²) in [4.78, 5) is 0. The Hall–Kier alpha value is -7.22. The Labute approximate surface area is 411 Å². The van der Waals surface area contributed by atoms with Crippen LogP contribution in [0.15, 0.2) is 192 Å². The van der Waals surface area contributed by atoms with Gasteiger partial charge in [-0.05, 0) is 223 Å². The molecular formula is C68H54O. The van der Waals surface area contributed by atoms with Crippen molar-refractivity contribution in [2.45, 2.75) is 63.7 Å². The summed E-state index contributed by atoms with van der Waals surface area (Å²) in [6, 6.07) is 60.5. The van der Waals surface area contributed by atoms with E-state index >= 15 is 0 Å². The highest BCUT2D eigenvalue weighted by molar-refractivity contribution is 6.06. The van der Waals surface area contributed by atoms with E-state index in [0.29, 0.717) is 17.4 Å². The van der Waals surface area contributed by atoms with Crippen LogP contribution in [0, 0.1) is 30.6 Å². The molecule has 4 saturated carbocycles. The Balaban J connectivity index is 0.820. The topological polar surface area (TPSA) is 13.1 Å². The predicted octanol–water partition coefficient (Wildman–Crippen LogP) is 18.3. The highest BCUT2D eigenvalue weighted by Crippen LogP contribution is 2.70. The van der Waals surface area contributed by atoms with Crippen LogP contribution < -0.4 is 0 Å². The van der Waals surface area contributed by atoms with Gasteiger partial charge in [0.05, 0.1) is 5.48 Å². The second kappa shape index (κ2) is 14.4. The van der Waals surface area contributed by atoms with E-state index in [9.17, 15) is 1.37 Å². The van der Waals surface area contributed by atoms with Gasteiger partial charge in [-0.3, -0.25) is 0 Å². The fourth-order valence-electron chi connectivity index (χ4n) is 14.9. The van der Waals surface area contributed by atoms with Crippen LogP contribution in [0.1, 0.15) is 79.3 Å². The molecule has 4 fully saturated rings. The minimum Gasteiger partial charge on any atom is -0.456 e. The number of hydrogen-bond acceptors (Lipinski definition) is 1. The summed E-state index contributed by atoms with van der Waals surface area (Å²) >= 11 is 0. The van der Waals surface area contributed by atoms with Crippen LogP contribution in [0.5, 0.6) is 0 Å². The Morgan fingerprint density at radius 2 is 0.957 bits per heavy atom. The maximum atomic E-state index is 9.18. The zero-order valence-corrected chi connectivity index (χ0v) is 39.3. The van der Waals surface area contributed by atoms with Crippen LogP contribution in [0.25, 0.3) is 99.8 Å². The molecule has 1 nitrogen and oxygen atoms in total. The van der Waals surface area contributed by atoms with Gasteiger partial charge in [-0.1, -0.05) is 147 Å². The predicted molar refractivity (Wildman–Crippen MR) is 286 cm³/mol. The molecule has 4 bridgehead atoms. The Kier molecular flexibility index (Phi) is 7.49. The first-order valence-corrected chi connectivity index (χ1v) is 25.2. The van der Waals surface area contributed by atoms with Crippen molar-refractivity contribution in [3.63, 3.8) is 0 Å². The molecule has 1 heteroatoms. The normalized spacial score (nSPS) is 22.8. The van der Waals surface area contributed by atoms with Gasteiger partial charge >= 0.3 is 0 Å². The molecule has 0 unspecified atom stereocenters. The molecule has 16 rings (SSSR count). The zero-order valence-electron chi connectivity index (χ0n) is 43.3. The highest BCUT2D eigenvalue weighted by atomic mass is 16.3. The molecule has 6 aliphatic carbocycles. The Morgan fingerprint density at radius 3 is 1.72 bits per heavy atom. The minimum atomic E-state index is -0.556. The molecule has 0 radical (unpaired) electrons. The lowest BCUT2D eigenvalue weighted by Gasteiger charge is -2.61. The summed E-state index contributed by atoms with van der Waals surface area (Å²) in [6.07, 6.45) is 6.48. The van der Waals surface area contributed by atoms with Crippen molar-refractivity contribution in [3.05, 3.63) is 216 Å². The smallest absolute Gasteiger partial charge is 0.136 e. The molecule has 0 N–H and O–H groups in total. The van der Waals surface area contributed by atoms with Crippen molar-refractivity contribution >= 4 is 21.9 Å². The SMILES string of the molecule is [2H]c1c([2H])c([2H])c2c(c1[2H])-c1cc3c(cc1C2(C)C)C1(c2cc(-c4cccc(-c5ccc(-c6cc(-c7ccccc7)cc(-c7ccc8c(c7)oc7ccccc78)c6)cc5)c4)c(C)cc2-3)C2CC3CC(C2)CC1C3. The third-order valence-electron chi connectivity index (χ3n) is 17.9. The molecule has 1 heterocycles. The molecular weight excluding hydrogens is 833 g/mol. The molecule has 10 aromatic rings. The molecule has 9 aromatic carbocycles. The molecule has 332 valence electrons. The summed E-state index contributed by atoms with van der Waals surface area (Å²) in [5, 5.41) is 2.27. The van der Waals surface area contributed by atoms with Crippen LogP contribution in [0.4, 0.5) is 0 Å². The van der Waals surface area contributed by atoms with E-state index in [4.69, 9.17) is 8.53 Å². The first kappa shape index (κ1) is 35.9. The lowest BCUT2D eigenvalue weighted by molar-refractivity contribution is -0.0399. The fourth-order valence-corrected chi connectivity index (χ4v) is 14.9. The third kappa shape index (κ3) is 5.71. The van der Waals surface area contributed by atoms with E-state index in [1.807, 2.05) is 12.1 Å². The Bertz CT molecular complexity index is 3980. The van der Waals surface area contributed by atoms with Crippen LogP contribution in [-0.2, 0) is 10.8 Å². The van der Waals surface area contributed by atoms with Gasteiger partial charge in [-0.25, -0.2) is 0 Å². The second-order valence-electron chi connectivity index (χ2n) is 21.8. The number of fused-ring (bicyclic) bond motifs is 9. The summed E-state index contributed by atoms with van der Waals surface area (Å²) in [5.41, 5.74) is 23.3. The monoisotopic (exact) mass is 890 g/mol. The lowest BCUT2D eigenvalue weighted by Crippen LogP contribution is -2.55. The van der Waals surface area contributed by atoms with Crippen LogP contribution in [-0.4, -0.2) is 0 Å². The fraction of sp³-hybridized carbons (Fsp3) is 0.206. The van der Waals surface area contributed by atoms with Crippen molar-refractivity contribution < 1.29 is 9.90 Å². The molecule has 0 saturated heterocycles. The molecule has 0 amide bonds. The van der Waals surface area contributed by atoms with E-state index in [-0.39, 0.29) is 29.6 Å². The largest absolute Gasteiger partial charge is 0.456 e. The van der Waals surface area contributed by atoms with Gasteiger partial charge in [0.15, 0.2) is 0 Å². The molecule has 69 heavy (non-hydrogen) atoms. The minimum absolute atomic E-state index is 0.0753. The number of aryl methyl sites for hydroxylation is 1. The van der Waals surface area contributed by atoms with Crippen LogP contribution >= 0.6 is 0 Å². The van der Waals surface area contributed by atoms with Gasteiger partial charge < -0.3 is 4.42 Å². The Morgan fingerprint density at radius 1 is 0.406 bits per heavy atom. The van der Waals surface area contributed by atoms with Crippen molar-refractivity contribution in [1.29, 1.82) is 0 Å². The van der Waals surface area contributed by atoms with Gasteiger partial charge in [-0.2, -0.15) is 0 Å². The van der Waals surface area contributed by atoms with Gasteiger partial charge in [0, 0.05) is 21.6 Å². The molecule has 1 aromatic heterocycles. The highest BCUT2D eigenvalue weighted by Gasteiger charge is 2.62. The second-order valence-corrected chi connectivity index (χ2v) is 21.8. The zero-order chi connectivity index (χ0) is 49.2. The van der Waals surface area contributed by atoms with Gasteiger partial charge in [0.1, 0.15) is 11.2 Å². The average molecular weight is 891 g/mol. The number of para-hydroxylation sites is 1. The number of rotatable bonds is 5. The van der Waals surface area contributed by atoms with Crippen molar-refractivity contribution in [2.24, 2.45) is 23.7 Å². The van der Waals surface area contributed by atoms with E-state index in [0.717, 1.165) is 72.7 Å². The lowest BCUT2D eigenvalue weighted by atomic mass is 9.43. The van der Waals surface area contributed by atoms with Crippen LogP contribution in [0.2, 0.25) is 0 Å². The number of hydrogen-bond donors (Lipinski definition) is 0. The summed E-state index contributed by atoms with van der Waals surface area (Å²) in [5.74, 6) is 2.74. The van der Waals surface area contributed by atoms with Gasteiger partial charge in [0.2, 0.25) is 0 Å². The summed E-state index contributed by atoms with van der Waals surface area (Å²) in [6.45, 7) is 6.61. The number of furan rings is 1. The maximum absolute atomic E-state index is 9.18. The third-order valence-corrected chi connectivity index (χ3v) is 17.9. The van der Waals surface area contributed by atoms with Crippen LogP contribution in [0.3, 0.4) is 0 Å². The molecule has 1 spiro atoms. The summed E-state index contributed by atoms with van der Waals surface area (Å²) in [7, 11) is 0. The van der Waals surface area contributed by atoms with Crippen molar-refractivity contribution in [3.8, 4) is 77.9 Å². The quantitative estimate of drug-likeness (QED) is 0.168. The van der Waals surface area contributed by atoms with E-state index < -0.39 is 5.41 Å². The average Bonchev–Trinajstić information content (AvgIpc) is 4.00. The first-order valence-electron chi connectivity index (χ1n) is 27.2. The van der Waals surface area contributed by atoms with Crippen molar-refractivity contribution in [1.82, 2.24) is 0 Å².